The van der Waals surface area contributed by atoms with Crippen molar-refractivity contribution in [3.8, 4) is 11.5 Å². The number of rotatable bonds is 9. The van der Waals surface area contributed by atoms with E-state index in [0.717, 1.165) is 17.9 Å². The summed E-state index contributed by atoms with van der Waals surface area (Å²) in [6, 6.07) is 12.4. The third-order valence-electron chi connectivity index (χ3n) is 3.29. The quantitative estimate of drug-likeness (QED) is 0.576. The molecular formula is C19H21Cl2NO3. The molecule has 0 saturated heterocycles. The molecular weight excluding hydrogens is 361 g/mol. The number of carbonyl (C=O) groups is 1. The van der Waals surface area contributed by atoms with Gasteiger partial charge in [0.15, 0.2) is 0 Å². The first-order valence-corrected chi connectivity index (χ1v) is 8.94. The highest BCUT2D eigenvalue weighted by atomic mass is 35.5. The van der Waals surface area contributed by atoms with E-state index in [4.69, 9.17) is 32.7 Å². The Balaban J connectivity index is 1.73. The summed E-state index contributed by atoms with van der Waals surface area (Å²) in [7, 11) is 0. The minimum atomic E-state index is -0.0709. The van der Waals surface area contributed by atoms with Gasteiger partial charge in [0.05, 0.1) is 18.2 Å². The van der Waals surface area contributed by atoms with Crippen LogP contribution in [0.5, 0.6) is 11.5 Å². The van der Waals surface area contributed by atoms with Crippen molar-refractivity contribution in [2.75, 3.05) is 18.5 Å². The predicted molar refractivity (Wildman–Crippen MR) is 102 cm³/mol. The van der Waals surface area contributed by atoms with Gasteiger partial charge in [-0.2, -0.15) is 0 Å². The summed E-state index contributed by atoms with van der Waals surface area (Å²) in [6.07, 6.45) is 1.87. The zero-order chi connectivity index (χ0) is 18.1. The molecule has 0 spiro atoms. The number of carbonyl (C=O) groups excluding carboxylic acids is 1. The number of nitrogens with one attached hydrogen (secondary N) is 1. The van der Waals surface area contributed by atoms with Crippen molar-refractivity contribution < 1.29 is 14.3 Å². The van der Waals surface area contributed by atoms with Gasteiger partial charge in [-0.15, -0.1) is 0 Å². The predicted octanol–water partition coefficient (Wildman–Crippen LogP) is 5.58. The average Bonchev–Trinajstić information content (AvgIpc) is 2.58. The van der Waals surface area contributed by atoms with Gasteiger partial charge >= 0.3 is 0 Å². The van der Waals surface area contributed by atoms with E-state index in [1.807, 2.05) is 31.2 Å². The zero-order valence-corrected chi connectivity index (χ0v) is 15.6. The van der Waals surface area contributed by atoms with E-state index in [2.05, 4.69) is 5.32 Å². The zero-order valence-electron chi connectivity index (χ0n) is 14.1. The Morgan fingerprint density at radius 2 is 1.92 bits per heavy atom. The maximum Gasteiger partial charge on any atom is 0.224 e. The minimum absolute atomic E-state index is 0.0709. The van der Waals surface area contributed by atoms with E-state index < -0.39 is 0 Å². The Bertz CT molecular complexity index is 707. The van der Waals surface area contributed by atoms with Crippen molar-refractivity contribution in [1.82, 2.24) is 0 Å². The lowest BCUT2D eigenvalue weighted by molar-refractivity contribution is -0.116. The van der Waals surface area contributed by atoms with Gasteiger partial charge in [0.1, 0.15) is 11.5 Å². The van der Waals surface area contributed by atoms with Gasteiger partial charge in [0, 0.05) is 23.2 Å². The molecule has 0 atom stereocenters. The van der Waals surface area contributed by atoms with E-state index in [0.29, 0.717) is 41.9 Å². The monoisotopic (exact) mass is 381 g/mol. The van der Waals surface area contributed by atoms with Gasteiger partial charge in [-0.1, -0.05) is 36.2 Å². The molecule has 0 radical (unpaired) electrons. The molecule has 1 N–H and O–H groups in total. The standard InChI is InChI=1S/C19H21Cl2NO3/c1-2-10-24-16-6-3-5-15(13-16)22-19(23)7-4-11-25-18-9-8-14(20)12-17(18)21/h3,5-6,8-9,12-13H,2,4,7,10-11H2,1H3,(H,22,23). The van der Waals surface area contributed by atoms with Crippen LogP contribution in [0.15, 0.2) is 42.5 Å². The van der Waals surface area contributed by atoms with Gasteiger partial charge in [-0.05, 0) is 43.2 Å². The molecule has 0 unspecified atom stereocenters. The highest BCUT2D eigenvalue weighted by molar-refractivity contribution is 6.35. The van der Waals surface area contributed by atoms with Crippen molar-refractivity contribution in [2.45, 2.75) is 26.2 Å². The number of hydrogen-bond acceptors (Lipinski definition) is 3. The number of ether oxygens (including phenoxy) is 2. The fourth-order valence-electron chi connectivity index (χ4n) is 2.11. The fraction of sp³-hybridized carbons (Fsp3) is 0.316. The molecule has 2 aromatic rings. The maximum absolute atomic E-state index is 12.0. The molecule has 0 saturated carbocycles. The molecule has 2 rings (SSSR count). The van der Waals surface area contributed by atoms with E-state index >= 15 is 0 Å². The number of amides is 1. The number of hydrogen-bond donors (Lipinski definition) is 1. The molecule has 4 nitrogen and oxygen atoms in total. The van der Waals surface area contributed by atoms with Crippen LogP contribution in [0.3, 0.4) is 0 Å². The summed E-state index contributed by atoms with van der Waals surface area (Å²) in [5.41, 5.74) is 0.722. The molecule has 0 fully saturated rings. The Morgan fingerprint density at radius 3 is 2.68 bits per heavy atom. The average molecular weight is 382 g/mol. The summed E-state index contributed by atoms with van der Waals surface area (Å²) < 4.78 is 11.1. The van der Waals surface area contributed by atoms with Gasteiger partial charge in [-0.3, -0.25) is 4.79 Å². The van der Waals surface area contributed by atoms with Crippen LogP contribution in [-0.4, -0.2) is 19.1 Å². The van der Waals surface area contributed by atoms with Crippen LogP contribution >= 0.6 is 23.2 Å². The molecule has 134 valence electrons. The molecule has 0 heterocycles. The van der Waals surface area contributed by atoms with Gasteiger partial charge in [0.2, 0.25) is 5.91 Å². The van der Waals surface area contributed by atoms with Gasteiger partial charge in [0.25, 0.3) is 0 Å². The molecule has 0 aliphatic rings. The van der Waals surface area contributed by atoms with Crippen LogP contribution in [-0.2, 0) is 4.79 Å². The number of anilines is 1. The second-order valence-electron chi connectivity index (χ2n) is 5.45. The van der Waals surface area contributed by atoms with E-state index in [9.17, 15) is 4.79 Å². The summed E-state index contributed by atoms with van der Waals surface area (Å²) in [4.78, 5) is 12.0. The summed E-state index contributed by atoms with van der Waals surface area (Å²) in [5, 5.41) is 3.87. The summed E-state index contributed by atoms with van der Waals surface area (Å²) in [5.74, 6) is 1.24. The molecule has 1 amide bonds. The van der Waals surface area contributed by atoms with Crippen LogP contribution in [0.4, 0.5) is 5.69 Å². The third kappa shape index (κ3) is 6.85. The first-order valence-electron chi connectivity index (χ1n) is 8.19. The first kappa shape index (κ1) is 19.4. The van der Waals surface area contributed by atoms with Crippen molar-refractivity contribution in [2.24, 2.45) is 0 Å². The minimum Gasteiger partial charge on any atom is -0.494 e. The van der Waals surface area contributed by atoms with Crippen LogP contribution in [0.1, 0.15) is 26.2 Å². The maximum atomic E-state index is 12.0. The molecule has 0 aliphatic carbocycles. The van der Waals surface area contributed by atoms with Crippen LogP contribution in [0, 0.1) is 0 Å². The normalized spacial score (nSPS) is 10.4. The lowest BCUT2D eigenvalue weighted by atomic mass is 10.2. The van der Waals surface area contributed by atoms with Crippen LogP contribution in [0.25, 0.3) is 0 Å². The van der Waals surface area contributed by atoms with E-state index in [1.54, 1.807) is 18.2 Å². The lowest BCUT2D eigenvalue weighted by Crippen LogP contribution is -2.13. The van der Waals surface area contributed by atoms with Crippen LogP contribution < -0.4 is 14.8 Å². The second-order valence-corrected chi connectivity index (χ2v) is 6.29. The van der Waals surface area contributed by atoms with Gasteiger partial charge in [-0.25, -0.2) is 0 Å². The Labute approximate surface area is 158 Å². The SMILES string of the molecule is CCCOc1cccc(NC(=O)CCCOc2ccc(Cl)cc2Cl)c1. The summed E-state index contributed by atoms with van der Waals surface area (Å²) >= 11 is 11.9. The van der Waals surface area contributed by atoms with Crippen LogP contribution in [0.2, 0.25) is 10.0 Å². The molecule has 6 heteroatoms. The van der Waals surface area contributed by atoms with Crippen molar-refractivity contribution in [1.29, 1.82) is 0 Å². The van der Waals surface area contributed by atoms with E-state index in [1.165, 1.54) is 0 Å². The van der Waals surface area contributed by atoms with Gasteiger partial charge < -0.3 is 14.8 Å². The molecule has 0 bridgehead atoms. The van der Waals surface area contributed by atoms with Crippen molar-refractivity contribution >= 4 is 34.8 Å². The fourth-order valence-corrected chi connectivity index (χ4v) is 2.58. The first-order chi connectivity index (χ1) is 12.1. The smallest absolute Gasteiger partial charge is 0.224 e. The van der Waals surface area contributed by atoms with E-state index in [-0.39, 0.29) is 5.91 Å². The molecule has 0 aromatic heterocycles. The Kier molecular flexibility index (Phi) is 7.89. The second kappa shape index (κ2) is 10.2. The molecule has 2 aromatic carbocycles. The van der Waals surface area contributed by atoms with Crippen molar-refractivity contribution in [3.05, 3.63) is 52.5 Å². The molecule has 25 heavy (non-hydrogen) atoms. The third-order valence-corrected chi connectivity index (χ3v) is 3.82. The largest absolute Gasteiger partial charge is 0.494 e. The number of halogens is 2. The highest BCUT2D eigenvalue weighted by Crippen LogP contribution is 2.27. The lowest BCUT2D eigenvalue weighted by Gasteiger charge is -2.10. The summed E-state index contributed by atoms with van der Waals surface area (Å²) in [6.45, 7) is 3.10. The Morgan fingerprint density at radius 1 is 1.08 bits per heavy atom. The highest BCUT2D eigenvalue weighted by Gasteiger charge is 2.06. The topological polar surface area (TPSA) is 47.6 Å². The Hall–Kier alpha value is -1.91. The number of benzene rings is 2. The van der Waals surface area contributed by atoms with Crippen molar-refractivity contribution in [3.63, 3.8) is 0 Å². The molecule has 0 aliphatic heterocycles.